The maximum absolute atomic E-state index is 12.4. The largest absolute Gasteiger partial charge is 0.496 e. The van der Waals surface area contributed by atoms with E-state index < -0.39 is 5.97 Å². The lowest BCUT2D eigenvalue weighted by molar-refractivity contribution is -0.148. The second-order valence-electron chi connectivity index (χ2n) is 7.36. The van der Waals surface area contributed by atoms with E-state index in [1.807, 2.05) is 42.5 Å². The maximum Gasteiger partial charge on any atom is 0.331 e. The Morgan fingerprint density at radius 3 is 2.65 bits per heavy atom. The second-order valence-corrected chi connectivity index (χ2v) is 7.36. The van der Waals surface area contributed by atoms with Crippen LogP contribution in [0.15, 0.2) is 59.0 Å². The summed E-state index contributed by atoms with van der Waals surface area (Å²) in [6.07, 6.45) is 4.43. The Bertz CT molecular complexity index is 1060. The van der Waals surface area contributed by atoms with Crippen LogP contribution in [0.3, 0.4) is 0 Å². The molecule has 0 unspecified atom stereocenters. The van der Waals surface area contributed by atoms with Crippen LogP contribution in [0.4, 0.5) is 0 Å². The van der Waals surface area contributed by atoms with Crippen molar-refractivity contribution in [3.8, 4) is 5.75 Å². The van der Waals surface area contributed by atoms with Gasteiger partial charge in [0.05, 0.1) is 7.11 Å². The molecular formula is C24H24N2O5. The van der Waals surface area contributed by atoms with Crippen LogP contribution in [-0.4, -0.2) is 48.6 Å². The number of amides is 1. The third-order valence-electron chi connectivity index (χ3n) is 5.38. The Labute approximate surface area is 180 Å². The Kier molecular flexibility index (Phi) is 6.31. The molecule has 7 heteroatoms. The molecule has 160 valence electrons. The fourth-order valence-corrected chi connectivity index (χ4v) is 3.67. The van der Waals surface area contributed by atoms with E-state index in [0.717, 1.165) is 35.4 Å². The number of aromatic nitrogens is 1. The first-order chi connectivity index (χ1) is 15.1. The Morgan fingerprint density at radius 2 is 1.87 bits per heavy atom. The van der Waals surface area contributed by atoms with Crippen LogP contribution in [0.25, 0.3) is 17.2 Å². The Hall–Kier alpha value is -3.61. The van der Waals surface area contributed by atoms with Crippen molar-refractivity contribution in [2.45, 2.75) is 18.8 Å². The minimum absolute atomic E-state index is 0.183. The summed E-state index contributed by atoms with van der Waals surface area (Å²) in [6, 6.07) is 15.0. The van der Waals surface area contributed by atoms with Gasteiger partial charge in [-0.25, -0.2) is 9.78 Å². The molecule has 1 saturated heterocycles. The molecule has 31 heavy (non-hydrogen) atoms. The summed E-state index contributed by atoms with van der Waals surface area (Å²) in [5, 5.41) is 0. The molecule has 7 nitrogen and oxygen atoms in total. The molecule has 4 rings (SSSR count). The van der Waals surface area contributed by atoms with Crippen LogP contribution in [-0.2, 0) is 14.3 Å². The quantitative estimate of drug-likeness (QED) is 0.446. The van der Waals surface area contributed by atoms with E-state index in [1.54, 1.807) is 24.2 Å². The number of piperidine rings is 1. The first-order valence-electron chi connectivity index (χ1n) is 10.2. The van der Waals surface area contributed by atoms with E-state index in [1.165, 1.54) is 6.08 Å². The van der Waals surface area contributed by atoms with Crippen LogP contribution in [0.2, 0.25) is 0 Å². The van der Waals surface area contributed by atoms with Gasteiger partial charge in [-0.2, -0.15) is 0 Å². The predicted octanol–water partition coefficient (Wildman–Crippen LogP) is 3.80. The van der Waals surface area contributed by atoms with Crippen molar-refractivity contribution in [2.24, 2.45) is 0 Å². The molecule has 3 aromatic rings. The molecule has 1 aliphatic heterocycles. The number of ether oxygens (including phenoxy) is 2. The highest BCUT2D eigenvalue weighted by molar-refractivity contribution is 5.89. The van der Waals surface area contributed by atoms with Gasteiger partial charge in [-0.3, -0.25) is 4.79 Å². The molecule has 0 radical (unpaired) electrons. The van der Waals surface area contributed by atoms with Crippen LogP contribution >= 0.6 is 0 Å². The topological polar surface area (TPSA) is 81.9 Å². The average Bonchev–Trinajstić information content (AvgIpc) is 3.26. The normalized spacial score (nSPS) is 14.8. The van der Waals surface area contributed by atoms with Gasteiger partial charge < -0.3 is 18.8 Å². The van der Waals surface area contributed by atoms with Gasteiger partial charge in [-0.05, 0) is 37.1 Å². The van der Waals surface area contributed by atoms with Crippen LogP contribution in [0.1, 0.15) is 30.2 Å². The number of esters is 1. The number of methoxy groups -OCH3 is 1. The number of likely N-dealkylation sites (tertiary alicyclic amines) is 1. The van der Waals surface area contributed by atoms with Crippen molar-refractivity contribution in [2.75, 3.05) is 26.8 Å². The molecule has 0 bridgehead atoms. The summed E-state index contributed by atoms with van der Waals surface area (Å²) in [7, 11) is 1.57. The summed E-state index contributed by atoms with van der Waals surface area (Å²) in [6.45, 7) is 0.885. The molecule has 0 spiro atoms. The van der Waals surface area contributed by atoms with Crippen LogP contribution in [0.5, 0.6) is 5.75 Å². The number of rotatable bonds is 6. The van der Waals surface area contributed by atoms with Crippen molar-refractivity contribution in [1.82, 2.24) is 9.88 Å². The number of fused-ring (bicyclic) bond motifs is 1. The Morgan fingerprint density at radius 1 is 1.13 bits per heavy atom. The molecule has 1 fully saturated rings. The molecule has 2 heterocycles. The van der Waals surface area contributed by atoms with E-state index in [9.17, 15) is 9.59 Å². The number of benzene rings is 2. The van der Waals surface area contributed by atoms with Crippen LogP contribution < -0.4 is 4.74 Å². The maximum atomic E-state index is 12.4. The van der Waals surface area contributed by atoms with Gasteiger partial charge in [0.2, 0.25) is 0 Å². The van der Waals surface area contributed by atoms with Gasteiger partial charge in [-0.1, -0.05) is 30.3 Å². The first kappa shape index (κ1) is 20.7. The highest BCUT2D eigenvalue weighted by atomic mass is 16.5. The molecule has 0 N–H and O–H groups in total. The number of hydrogen-bond donors (Lipinski definition) is 0. The summed E-state index contributed by atoms with van der Waals surface area (Å²) in [4.78, 5) is 30.7. The number of hydrogen-bond acceptors (Lipinski definition) is 6. The Balaban J connectivity index is 1.25. The van der Waals surface area contributed by atoms with E-state index in [4.69, 9.17) is 13.9 Å². The summed E-state index contributed by atoms with van der Waals surface area (Å²) in [5.74, 6) is 0.795. The molecule has 2 aromatic carbocycles. The molecule has 0 saturated carbocycles. The van der Waals surface area contributed by atoms with Gasteiger partial charge in [0.25, 0.3) is 5.91 Å². The molecular weight excluding hydrogens is 396 g/mol. The fraction of sp³-hybridized carbons (Fsp3) is 0.292. The zero-order valence-electron chi connectivity index (χ0n) is 17.3. The summed E-state index contributed by atoms with van der Waals surface area (Å²) >= 11 is 0. The minimum atomic E-state index is -0.569. The lowest BCUT2D eigenvalue weighted by Crippen LogP contribution is -2.40. The van der Waals surface area contributed by atoms with Gasteiger partial charge >= 0.3 is 5.97 Å². The lowest BCUT2D eigenvalue weighted by atomic mass is 9.97. The van der Waals surface area contributed by atoms with E-state index in [0.29, 0.717) is 18.8 Å². The van der Waals surface area contributed by atoms with E-state index in [2.05, 4.69) is 4.98 Å². The van der Waals surface area contributed by atoms with Crippen molar-refractivity contribution >= 4 is 29.1 Å². The monoisotopic (exact) mass is 420 g/mol. The minimum Gasteiger partial charge on any atom is -0.496 e. The van der Waals surface area contributed by atoms with Gasteiger partial charge in [-0.15, -0.1) is 0 Å². The molecule has 1 aromatic heterocycles. The standard InChI is InChI=1S/C24H24N2O5/c1-29-20-8-4-2-6-17(20)10-11-23(28)30-16-22(27)26-14-12-18(13-15-26)24-25-19-7-3-5-9-21(19)31-24/h2-11,18H,12-16H2,1H3/b11-10+. The SMILES string of the molecule is COc1ccccc1/C=C/C(=O)OCC(=O)N1CCC(c2nc3ccccc3o2)CC1. The summed E-state index contributed by atoms with van der Waals surface area (Å²) < 4.78 is 16.2. The molecule has 0 atom stereocenters. The third kappa shape index (κ3) is 4.94. The molecule has 1 aliphatic rings. The van der Waals surface area contributed by atoms with Crippen molar-refractivity contribution < 1.29 is 23.5 Å². The smallest absolute Gasteiger partial charge is 0.331 e. The highest BCUT2D eigenvalue weighted by Gasteiger charge is 2.27. The summed E-state index contributed by atoms with van der Waals surface area (Å²) in [5.41, 5.74) is 2.39. The number of carbonyl (C=O) groups excluding carboxylic acids is 2. The zero-order chi connectivity index (χ0) is 21.6. The average molecular weight is 420 g/mol. The number of nitrogens with zero attached hydrogens (tertiary/aromatic N) is 2. The van der Waals surface area contributed by atoms with Gasteiger partial charge in [0, 0.05) is 30.6 Å². The van der Waals surface area contributed by atoms with E-state index >= 15 is 0 Å². The fourth-order valence-electron chi connectivity index (χ4n) is 3.67. The number of oxazole rings is 1. The van der Waals surface area contributed by atoms with Crippen molar-refractivity contribution in [1.29, 1.82) is 0 Å². The molecule has 0 aliphatic carbocycles. The second kappa shape index (κ2) is 9.47. The van der Waals surface area contributed by atoms with E-state index in [-0.39, 0.29) is 18.4 Å². The van der Waals surface area contributed by atoms with Crippen molar-refractivity contribution in [3.63, 3.8) is 0 Å². The predicted molar refractivity (Wildman–Crippen MR) is 116 cm³/mol. The molecule has 1 amide bonds. The van der Waals surface area contributed by atoms with Gasteiger partial charge in [0.15, 0.2) is 18.1 Å². The van der Waals surface area contributed by atoms with Gasteiger partial charge in [0.1, 0.15) is 11.3 Å². The third-order valence-corrected chi connectivity index (χ3v) is 5.38. The number of carbonyl (C=O) groups is 2. The lowest BCUT2D eigenvalue weighted by Gasteiger charge is -2.30. The number of para-hydroxylation sites is 3. The first-order valence-corrected chi connectivity index (χ1v) is 10.2. The highest BCUT2D eigenvalue weighted by Crippen LogP contribution is 2.29. The van der Waals surface area contributed by atoms with Crippen molar-refractivity contribution in [3.05, 3.63) is 66.1 Å². The van der Waals surface area contributed by atoms with Crippen LogP contribution in [0, 0.1) is 0 Å². The zero-order valence-corrected chi connectivity index (χ0v) is 17.3.